The van der Waals surface area contributed by atoms with Crippen molar-refractivity contribution in [2.45, 2.75) is 26.6 Å². The van der Waals surface area contributed by atoms with E-state index in [0.717, 1.165) is 11.1 Å². The molecule has 3 aromatic rings. The van der Waals surface area contributed by atoms with Gasteiger partial charge in [0.15, 0.2) is 0 Å². The standard InChI is InChI=1S/C17H18N6O3/c1-13-2-4-14(5-3-13)6-7-16-18-10-17(23(25)26)22(16)9-8-21-11-15(12-24)19-20-21/h2-7,10-11,24H,8-9,12H2,1H3/b7-6+. The van der Waals surface area contributed by atoms with E-state index in [1.165, 1.54) is 15.4 Å². The Hall–Kier alpha value is -3.33. The summed E-state index contributed by atoms with van der Waals surface area (Å²) >= 11 is 0. The Morgan fingerprint density at radius 1 is 1.23 bits per heavy atom. The Balaban J connectivity index is 1.81. The van der Waals surface area contributed by atoms with E-state index in [2.05, 4.69) is 15.3 Å². The average Bonchev–Trinajstić information content (AvgIpc) is 3.26. The first-order valence-corrected chi connectivity index (χ1v) is 8.01. The van der Waals surface area contributed by atoms with E-state index in [4.69, 9.17) is 5.11 Å². The first-order valence-electron chi connectivity index (χ1n) is 8.01. The molecule has 0 amide bonds. The van der Waals surface area contributed by atoms with Crippen molar-refractivity contribution in [3.05, 3.63) is 69.4 Å². The summed E-state index contributed by atoms with van der Waals surface area (Å²) in [6.07, 6.45) is 6.46. The molecule has 0 spiro atoms. The van der Waals surface area contributed by atoms with Crippen LogP contribution in [-0.4, -0.2) is 34.6 Å². The number of hydrogen-bond acceptors (Lipinski definition) is 6. The van der Waals surface area contributed by atoms with Crippen molar-refractivity contribution in [3.63, 3.8) is 0 Å². The van der Waals surface area contributed by atoms with Crippen LogP contribution in [0.5, 0.6) is 0 Å². The van der Waals surface area contributed by atoms with Gasteiger partial charge < -0.3 is 15.2 Å². The van der Waals surface area contributed by atoms with Crippen molar-refractivity contribution in [2.24, 2.45) is 0 Å². The van der Waals surface area contributed by atoms with Crippen molar-refractivity contribution < 1.29 is 10.0 Å². The lowest BCUT2D eigenvalue weighted by Crippen LogP contribution is -2.11. The highest BCUT2D eigenvalue weighted by Gasteiger charge is 2.18. The lowest BCUT2D eigenvalue weighted by atomic mass is 10.1. The second kappa shape index (κ2) is 7.70. The molecule has 9 nitrogen and oxygen atoms in total. The van der Waals surface area contributed by atoms with Crippen molar-refractivity contribution in [3.8, 4) is 0 Å². The highest BCUT2D eigenvalue weighted by Crippen LogP contribution is 2.17. The SMILES string of the molecule is Cc1ccc(/C=C/c2ncc([N+](=O)[O-])n2CCn2cc(CO)nn2)cc1. The molecule has 1 aromatic carbocycles. The molecular formula is C17H18N6O3. The van der Waals surface area contributed by atoms with E-state index in [9.17, 15) is 10.1 Å². The third-order valence-electron chi connectivity index (χ3n) is 3.86. The van der Waals surface area contributed by atoms with Gasteiger partial charge in [0.05, 0.1) is 19.3 Å². The zero-order valence-corrected chi connectivity index (χ0v) is 14.2. The number of aryl methyl sites for hydroxylation is 2. The maximum absolute atomic E-state index is 11.3. The van der Waals surface area contributed by atoms with Crippen LogP contribution < -0.4 is 0 Å². The van der Waals surface area contributed by atoms with Crippen LogP contribution in [0.25, 0.3) is 12.2 Å². The van der Waals surface area contributed by atoms with Gasteiger partial charge >= 0.3 is 5.82 Å². The number of aromatic nitrogens is 5. The highest BCUT2D eigenvalue weighted by molar-refractivity contribution is 5.67. The molecule has 0 atom stereocenters. The number of nitrogens with zero attached hydrogens (tertiary/aromatic N) is 6. The van der Waals surface area contributed by atoms with Gasteiger partial charge in [-0.25, -0.2) is 14.2 Å². The number of benzene rings is 1. The van der Waals surface area contributed by atoms with Crippen LogP contribution in [0.15, 0.2) is 36.7 Å². The Bertz CT molecular complexity index is 926. The quantitative estimate of drug-likeness (QED) is 0.513. The predicted molar refractivity (Wildman–Crippen MR) is 94.9 cm³/mol. The Morgan fingerprint density at radius 2 is 2.00 bits per heavy atom. The van der Waals surface area contributed by atoms with Crippen molar-refractivity contribution in [2.75, 3.05) is 0 Å². The minimum absolute atomic E-state index is 0.0870. The molecule has 0 aliphatic carbocycles. The van der Waals surface area contributed by atoms with Gasteiger partial charge in [-0.1, -0.05) is 35.0 Å². The first-order chi connectivity index (χ1) is 12.6. The van der Waals surface area contributed by atoms with Crippen LogP contribution in [0.2, 0.25) is 0 Å². The summed E-state index contributed by atoms with van der Waals surface area (Å²) < 4.78 is 3.05. The van der Waals surface area contributed by atoms with E-state index < -0.39 is 4.92 Å². The molecule has 2 aromatic heterocycles. The maximum atomic E-state index is 11.3. The second-order valence-corrected chi connectivity index (χ2v) is 5.76. The average molecular weight is 354 g/mol. The zero-order valence-electron chi connectivity index (χ0n) is 14.2. The molecule has 0 unspecified atom stereocenters. The second-order valence-electron chi connectivity index (χ2n) is 5.76. The number of rotatable bonds is 7. The van der Waals surface area contributed by atoms with Crippen LogP contribution in [0.1, 0.15) is 22.6 Å². The summed E-state index contributed by atoms with van der Waals surface area (Å²) in [6.45, 7) is 2.49. The number of aliphatic hydroxyl groups excluding tert-OH is 1. The minimum Gasteiger partial charge on any atom is -0.390 e. The molecule has 134 valence electrons. The zero-order chi connectivity index (χ0) is 18.5. The van der Waals surface area contributed by atoms with Crippen LogP contribution in [-0.2, 0) is 19.7 Å². The van der Waals surface area contributed by atoms with E-state index in [1.807, 2.05) is 37.3 Å². The normalized spacial score (nSPS) is 11.3. The van der Waals surface area contributed by atoms with Crippen LogP contribution in [0, 0.1) is 17.0 Å². The summed E-state index contributed by atoms with van der Waals surface area (Å²) in [7, 11) is 0. The molecule has 9 heteroatoms. The van der Waals surface area contributed by atoms with Crippen LogP contribution >= 0.6 is 0 Å². The molecule has 0 saturated heterocycles. The molecule has 3 rings (SSSR count). The number of aliphatic hydroxyl groups is 1. The smallest absolute Gasteiger partial charge is 0.343 e. The predicted octanol–water partition coefficient (Wildman–Crippen LogP) is 2.05. The van der Waals surface area contributed by atoms with E-state index in [1.54, 1.807) is 12.3 Å². The van der Waals surface area contributed by atoms with Gasteiger partial charge in [0.1, 0.15) is 18.4 Å². The number of hydrogen-bond donors (Lipinski definition) is 1. The lowest BCUT2D eigenvalue weighted by molar-refractivity contribution is -0.392. The molecule has 26 heavy (non-hydrogen) atoms. The largest absolute Gasteiger partial charge is 0.390 e. The molecular weight excluding hydrogens is 336 g/mol. The lowest BCUT2D eigenvalue weighted by Gasteiger charge is -2.03. The van der Waals surface area contributed by atoms with E-state index in [0.29, 0.717) is 24.6 Å². The van der Waals surface area contributed by atoms with Gasteiger partial charge in [-0.3, -0.25) is 0 Å². The molecule has 2 heterocycles. The van der Waals surface area contributed by atoms with Crippen molar-refractivity contribution in [1.82, 2.24) is 24.5 Å². The summed E-state index contributed by atoms with van der Waals surface area (Å²) in [4.78, 5) is 15.0. The van der Waals surface area contributed by atoms with Crippen molar-refractivity contribution in [1.29, 1.82) is 0 Å². The molecule has 0 radical (unpaired) electrons. The minimum atomic E-state index is -0.462. The fourth-order valence-electron chi connectivity index (χ4n) is 2.46. The Kier molecular flexibility index (Phi) is 5.18. The van der Waals surface area contributed by atoms with Crippen LogP contribution in [0.3, 0.4) is 0 Å². The third-order valence-corrected chi connectivity index (χ3v) is 3.86. The molecule has 0 aliphatic heterocycles. The molecule has 0 fully saturated rings. The van der Waals surface area contributed by atoms with Gasteiger partial charge in [0.25, 0.3) is 0 Å². The molecule has 0 saturated carbocycles. The van der Waals surface area contributed by atoms with Gasteiger partial charge in [-0.15, -0.1) is 5.10 Å². The summed E-state index contributed by atoms with van der Waals surface area (Å²) in [5, 5.41) is 28.0. The fraction of sp³-hybridized carbons (Fsp3) is 0.235. The monoisotopic (exact) mass is 354 g/mol. The Labute approximate surface area is 149 Å². The number of nitro groups is 1. The Morgan fingerprint density at radius 3 is 2.65 bits per heavy atom. The van der Waals surface area contributed by atoms with Crippen LogP contribution in [0.4, 0.5) is 5.82 Å². The topological polar surface area (TPSA) is 112 Å². The summed E-state index contributed by atoms with van der Waals surface area (Å²) in [5.74, 6) is 0.399. The van der Waals surface area contributed by atoms with E-state index >= 15 is 0 Å². The van der Waals surface area contributed by atoms with Crippen molar-refractivity contribution >= 4 is 18.0 Å². The van der Waals surface area contributed by atoms with Gasteiger partial charge in [-0.05, 0) is 23.5 Å². The summed E-state index contributed by atoms with van der Waals surface area (Å²) in [5.41, 5.74) is 2.59. The molecule has 0 bridgehead atoms. The third kappa shape index (κ3) is 4.01. The maximum Gasteiger partial charge on any atom is 0.343 e. The molecule has 0 aliphatic rings. The summed E-state index contributed by atoms with van der Waals surface area (Å²) in [6, 6.07) is 7.94. The highest BCUT2D eigenvalue weighted by atomic mass is 16.6. The molecule has 1 N–H and O–H groups in total. The van der Waals surface area contributed by atoms with Gasteiger partial charge in [0, 0.05) is 6.08 Å². The van der Waals surface area contributed by atoms with E-state index in [-0.39, 0.29) is 12.4 Å². The first kappa shape index (κ1) is 17.5. The number of imidazole rings is 1. The fourth-order valence-corrected chi connectivity index (χ4v) is 2.46. The van der Waals surface area contributed by atoms with Gasteiger partial charge in [-0.2, -0.15) is 0 Å². The van der Waals surface area contributed by atoms with Gasteiger partial charge in [0.2, 0.25) is 5.82 Å².